The molecular formula is C46H48BN3. The van der Waals surface area contributed by atoms with Crippen LogP contribution in [0, 0.1) is 13.8 Å². The van der Waals surface area contributed by atoms with E-state index in [-0.39, 0.29) is 28.6 Å². The van der Waals surface area contributed by atoms with Crippen LogP contribution >= 0.6 is 0 Å². The van der Waals surface area contributed by atoms with Crippen LogP contribution in [0.1, 0.15) is 89.5 Å². The van der Waals surface area contributed by atoms with E-state index < -0.39 is 0 Å². The van der Waals surface area contributed by atoms with Crippen molar-refractivity contribution in [2.24, 2.45) is 0 Å². The molecule has 0 saturated heterocycles. The fraction of sp³-hybridized carbons (Fsp3) is 0.348. The molecule has 3 nitrogen and oxygen atoms in total. The Morgan fingerprint density at radius 1 is 0.580 bits per heavy atom. The van der Waals surface area contributed by atoms with Crippen LogP contribution in [0.15, 0.2) is 97.1 Å². The fourth-order valence-electron chi connectivity index (χ4n) is 11.0. The van der Waals surface area contributed by atoms with Gasteiger partial charge in [0.15, 0.2) is 0 Å². The monoisotopic (exact) mass is 653 g/mol. The Kier molecular flexibility index (Phi) is 5.87. The molecule has 0 bridgehead atoms. The quantitative estimate of drug-likeness (QED) is 0.180. The number of benzene rings is 5. The van der Waals surface area contributed by atoms with Gasteiger partial charge < -0.3 is 14.7 Å². The second-order valence-corrected chi connectivity index (χ2v) is 17.5. The van der Waals surface area contributed by atoms with E-state index in [4.69, 9.17) is 0 Å². The summed E-state index contributed by atoms with van der Waals surface area (Å²) in [4.78, 5) is 8.12. The van der Waals surface area contributed by atoms with Crippen LogP contribution in [0.25, 0.3) is 0 Å². The van der Waals surface area contributed by atoms with Crippen molar-refractivity contribution in [2.75, 3.05) is 14.7 Å². The minimum atomic E-state index is -0.141. The van der Waals surface area contributed by atoms with Gasteiger partial charge in [-0.3, -0.25) is 0 Å². The van der Waals surface area contributed by atoms with Gasteiger partial charge in [-0.1, -0.05) is 105 Å². The lowest BCUT2D eigenvalue weighted by Crippen LogP contribution is -2.66. The van der Waals surface area contributed by atoms with Gasteiger partial charge >= 0.3 is 0 Å². The predicted octanol–water partition coefficient (Wildman–Crippen LogP) is 9.87. The molecule has 250 valence electrons. The molecule has 10 rings (SSSR count). The molecule has 4 heterocycles. The molecule has 0 N–H and O–H groups in total. The van der Waals surface area contributed by atoms with Gasteiger partial charge in [-0.25, -0.2) is 0 Å². The van der Waals surface area contributed by atoms with Gasteiger partial charge in [0.25, 0.3) is 6.71 Å². The molecule has 50 heavy (non-hydrogen) atoms. The number of hydrogen-bond acceptors (Lipinski definition) is 3. The van der Waals surface area contributed by atoms with E-state index in [1.54, 1.807) is 5.56 Å². The number of hydrogen-bond donors (Lipinski definition) is 0. The number of fused-ring (bicyclic) bond motifs is 7. The standard InChI is InChI=1S/C46H48BN3/c1-29-17-21-31(22-18-29)48(32-23-19-30(2)20-24-32)33-27-38-40-39(28-33)50-42-35(45(7)25-9-10-26-46(45,50)8)14-12-16-37(42)47(40)36-15-11-13-34-41(36)49(38)44(5,6)43(34,3)4/h11-24,27-28H,9-10,25-26H2,1-8H3. The SMILES string of the molecule is Cc1ccc(N(c2ccc(C)cc2)c2cc3c4c(c2)N2c5c(cccc5C5(C)CCCCC25C)B4c2cccc4c2N3C(C)(C)C4(C)C)cc1. The van der Waals surface area contributed by atoms with Gasteiger partial charge in [-0.2, -0.15) is 0 Å². The van der Waals surface area contributed by atoms with Crippen molar-refractivity contribution in [1.29, 1.82) is 0 Å². The highest BCUT2D eigenvalue weighted by atomic mass is 15.3. The van der Waals surface area contributed by atoms with Crippen molar-refractivity contribution in [1.82, 2.24) is 0 Å². The second kappa shape index (κ2) is 9.66. The molecule has 1 saturated carbocycles. The van der Waals surface area contributed by atoms with E-state index in [1.807, 2.05) is 0 Å². The Labute approximate surface area is 299 Å². The van der Waals surface area contributed by atoms with E-state index in [9.17, 15) is 0 Å². The molecule has 1 fully saturated rings. The van der Waals surface area contributed by atoms with Gasteiger partial charge in [-0.05, 0) is 111 Å². The van der Waals surface area contributed by atoms with Crippen molar-refractivity contribution in [2.45, 2.75) is 103 Å². The first-order valence-electron chi connectivity index (χ1n) is 18.9. The molecule has 4 aliphatic heterocycles. The molecule has 2 atom stereocenters. The third kappa shape index (κ3) is 3.48. The average Bonchev–Trinajstić information content (AvgIpc) is 3.41. The number of anilines is 7. The summed E-state index contributed by atoms with van der Waals surface area (Å²) in [7, 11) is 0. The van der Waals surface area contributed by atoms with Gasteiger partial charge in [0.1, 0.15) is 0 Å². The van der Waals surface area contributed by atoms with Gasteiger partial charge in [0, 0.05) is 50.5 Å². The summed E-state index contributed by atoms with van der Waals surface area (Å²) >= 11 is 0. The topological polar surface area (TPSA) is 9.72 Å². The zero-order valence-electron chi connectivity index (χ0n) is 31.0. The molecule has 4 heteroatoms. The molecule has 0 aromatic heterocycles. The highest BCUT2D eigenvalue weighted by molar-refractivity contribution is 7.00. The van der Waals surface area contributed by atoms with Crippen LogP contribution < -0.4 is 31.1 Å². The van der Waals surface area contributed by atoms with Crippen LogP contribution in [0.5, 0.6) is 0 Å². The molecule has 1 aliphatic carbocycles. The fourth-order valence-corrected chi connectivity index (χ4v) is 11.0. The van der Waals surface area contributed by atoms with Gasteiger partial charge in [0.05, 0.1) is 11.2 Å². The summed E-state index contributed by atoms with van der Waals surface area (Å²) in [5.41, 5.74) is 19.2. The Morgan fingerprint density at radius 2 is 1.10 bits per heavy atom. The van der Waals surface area contributed by atoms with Crippen LogP contribution in [0.3, 0.4) is 0 Å². The lowest BCUT2D eigenvalue weighted by molar-refractivity contribution is 0.195. The first-order valence-corrected chi connectivity index (χ1v) is 18.9. The number of aryl methyl sites for hydroxylation is 2. The van der Waals surface area contributed by atoms with Crippen molar-refractivity contribution in [3.8, 4) is 0 Å². The van der Waals surface area contributed by atoms with E-state index in [0.29, 0.717) is 0 Å². The summed E-state index contributed by atoms with van der Waals surface area (Å²) in [6, 6.07) is 37.8. The normalized spacial score (nSPS) is 24.0. The molecule has 5 aromatic carbocycles. The van der Waals surface area contributed by atoms with Crippen LogP contribution in [0.2, 0.25) is 0 Å². The van der Waals surface area contributed by atoms with E-state index in [1.165, 1.54) is 98.6 Å². The Morgan fingerprint density at radius 3 is 1.70 bits per heavy atom. The molecule has 0 spiro atoms. The summed E-state index contributed by atoms with van der Waals surface area (Å²) in [6.07, 6.45) is 5.00. The van der Waals surface area contributed by atoms with Crippen LogP contribution in [-0.2, 0) is 10.8 Å². The van der Waals surface area contributed by atoms with Crippen molar-refractivity contribution >= 4 is 62.9 Å². The minimum absolute atomic E-state index is 0.0124. The third-order valence-corrected chi connectivity index (χ3v) is 14.6. The minimum Gasteiger partial charge on any atom is -0.335 e. The first-order chi connectivity index (χ1) is 23.9. The van der Waals surface area contributed by atoms with Gasteiger partial charge in [0.2, 0.25) is 0 Å². The average molecular weight is 654 g/mol. The summed E-state index contributed by atoms with van der Waals surface area (Å²) in [6.45, 7) is 19.6. The summed E-state index contributed by atoms with van der Waals surface area (Å²) < 4.78 is 0. The molecule has 5 aliphatic rings. The Bertz CT molecular complexity index is 2200. The highest BCUT2D eigenvalue weighted by Crippen LogP contribution is 2.63. The lowest BCUT2D eigenvalue weighted by Gasteiger charge is -2.53. The molecule has 0 amide bonds. The molecule has 0 radical (unpaired) electrons. The Hall–Kier alpha value is -4.44. The van der Waals surface area contributed by atoms with E-state index >= 15 is 0 Å². The number of nitrogens with zero attached hydrogens (tertiary/aromatic N) is 3. The highest BCUT2D eigenvalue weighted by Gasteiger charge is 2.63. The number of para-hydroxylation sites is 2. The molecule has 2 unspecified atom stereocenters. The van der Waals surface area contributed by atoms with Gasteiger partial charge in [-0.15, -0.1) is 0 Å². The summed E-state index contributed by atoms with van der Waals surface area (Å²) in [5, 5.41) is 0. The largest absolute Gasteiger partial charge is 0.335 e. The first kappa shape index (κ1) is 30.4. The maximum atomic E-state index is 2.86. The summed E-state index contributed by atoms with van der Waals surface area (Å²) in [5.74, 6) is 0. The zero-order chi connectivity index (χ0) is 34.5. The van der Waals surface area contributed by atoms with Crippen LogP contribution in [-0.4, -0.2) is 17.8 Å². The van der Waals surface area contributed by atoms with E-state index in [2.05, 4.69) is 167 Å². The molecular weight excluding hydrogens is 605 g/mol. The second-order valence-electron chi connectivity index (χ2n) is 17.5. The van der Waals surface area contributed by atoms with Crippen molar-refractivity contribution in [3.63, 3.8) is 0 Å². The third-order valence-electron chi connectivity index (χ3n) is 14.6. The smallest absolute Gasteiger partial charge is 0.252 e. The predicted molar refractivity (Wildman–Crippen MR) is 214 cm³/mol. The maximum absolute atomic E-state index is 2.86. The van der Waals surface area contributed by atoms with Crippen molar-refractivity contribution in [3.05, 3.63) is 119 Å². The zero-order valence-corrected chi connectivity index (χ0v) is 31.0. The van der Waals surface area contributed by atoms with E-state index in [0.717, 1.165) is 0 Å². The number of rotatable bonds is 3. The van der Waals surface area contributed by atoms with Crippen molar-refractivity contribution < 1.29 is 0 Å². The molecule has 5 aromatic rings. The lowest BCUT2D eigenvalue weighted by atomic mass is 9.33. The maximum Gasteiger partial charge on any atom is 0.252 e. The Balaban J connectivity index is 1.34. The van der Waals surface area contributed by atoms with Crippen LogP contribution in [0.4, 0.5) is 39.8 Å².